The van der Waals surface area contributed by atoms with Gasteiger partial charge in [-0.3, -0.25) is 4.79 Å². The first-order valence-electron chi connectivity index (χ1n) is 9.33. The number of aryl methyl sites for hydroxylation is 1. The number of hydrogen-bond acceptors (Lipinski definition) is 8. The fraction of sp³-hybridized carbons (Fsp3) is 0.706. The van der Waals surface area contributed by atoms with Crippen LogP contribution in [0.3, 0.4) is 0 Å². The zero-order chi connectivity index (χ0) is 21.7. The van der Waals surface area contributed by atoms with Crippen molar-refractivity contribution >= 4 is 43.7 Å². The lowest BCUT2D eigenvalue weighted by atomic mass is 9.91. The van der Waals surface area contributed by atoms with E-state index in [0.29, 0.717) is 10.1 Å². The lowest BCUT2D eigenvalue weighted by molar-refractivity contribution is -0.165. The Bertz CT molecular complexity index is 853. The SMILES string of the molecule is C[C@@H](O[Si](C)(C)C(C)(C)C)[C@@H]1C(=O)N2C(C(=O)O)C(=CSc3nnnn3C)S[C@H]12. The van der Waals surface area contributed by atoms with Crippen molar-refractivity contribution in [3.63, 3.8) is 0 Å². The van der Waals surface area contributed by atoms with Crippen molar-refractivity contribution in [2.45, 2.75) is 68.5 Å². The number of β-lactam (4-membered cyclic amide) rings is 1. The van der Waals surface area contributed by atoms with Crippen LogP contribution in [-0.4, -0.2) is 67.9 Å². The number of aromatic nitrogens is 4. The van der Waals surface area contributed by atoms with Gasteiger partial charge in [0.05, 0.1) is 17.4 Å². The summed E-state index contributed by atoms with van der Waals surface area (Å²) in [6.45, 7) is 12.7. The first-order valence-corrected chi connectivity index (χ1v) is 14.0. The van der Waals surface area contributed by atoms with E-state index in [1.807, 2.05) is 6.92 Å². The third-order valence-electron chi connectivity index (χ3n) is 5.81. The van der Waals surface area contributed by atoms with E-state index in [2.05, 4.69) is 49.4 Å². The summed E-state index contributed by atoms with van der Waals surface area (Å²) in [4.78, 5) is 26.8. The number of carboxylic acids is 1. The standard InChI is InChI=1S/C17H27N5O4S2Si/c1-9(26-29(6,7)17(2,3)4)11-13(23)22-12(15(24)25)10(28-14(11)22)8-27-16-18-19-20-21(16)5/h8-9,11-12,14H,1-7H3,(H,24,25)/t9-,11-,12?,14-/m1/s1. The maximum Gasteiger partial charge on any atom is 0.331 e. The van der Waals surface area contributed by atoms with E-state index >= 15 is 0 Å². The monoisotopic (exact) mass is 457 g/mol. The third-order valence-corrected chi connectivity index (χ3v) is 12.8. The van der Waals surface area contributed by atoms with Gasteiger partial charge in [-0.05, 0) is 40.9 Å². The molecule has 12 heteroatoms. The zero-order valence-electron chi connectivity index (χ0n) is 17.6. The largest absolute Gasteiger partial charge is 0.479 e. The molecule has 0 aromatic carbocycles. The molecule has 0 aliphatic carbocycles. The molecule has 2 aliphatic heterocycles. The number of carbonyl (C=O) groups excluding carboxylic acids is 1. The first kappa shape index (κ1) is 22.3. The minimum Gasteiger partial charge on any atom is -0.479 e. The zero-order valence-corrected chi connectivity index (χ0v) is 20.2. The molecule has 29 heavy (non-hydrogen) atoms. The number of tetrazole rings is 1. The van der Waals surface area contributed by atoms with Crippen molar-refractivity contribution in [1.29, 1.82) is 0 Å². The summed E-state index contributed by atoms with van der Waals surface area (Å²) in [6.07, 6.45) is -0.262. The van der Waals surface area contributed by atoms with Gasteiger partial charge >= 0.3 is 5.97 Å². The van der Waals surface area contributed by atoms with Crippen LogP contribution in [-0.2, 0) is 21.1 Å². The van der Waals surface area contributed by atoms with Gasteiger partial charge in [0.15, 0.2) is 14.4 Å². The van der Waals surface area contributed by atoms with Crippen LogP contribution >= 0.6 is 23.5 Å². The second-order valence-electron chi connectivity index (χ2n) is 8.83. The van der Waals surface area contributed by atoms with Crippen molar-refractivity contribution in [2.75, 3.05) is 0 Å². The van der Waals surface area contributed by atoms with Crippen LogP contribution in [0.15, 0.2) is 15.5 Å². The van der Waals surface area contributed by atoms with E-state index in [4.69, 9.17) is 4.43 Å². The Morgan fingerprint density at radius 1 is 1.41 bits per heavy atom. The molecule has 0 saturated carbocycles. The topological polar surface area (TPSA) is 110 Å². The Kier molecular flexibility index (Phi) is 5.93. The van der Waals surface area contributed by atoms with Crippen LogP contribution in [0.25, 0.3) is 0 Å². The second-order valence-corrected chi connectivity index (χ2v) is 15.6. The number of fused-ring (bicyclic) bond motifs is 1. The van der Waals surface area contributed by atoms with Gasteiger partial charge in [-0.2, -0.15) is 0 Å². The van der Waals surface area contributed by atoms with Gasteiger partial charge in [-0.1, -0.05) is 32.5 Å². The molecule has 9 nitrogen and oxygen atoms in total. The fourth-order valence-electron chi connectivity index (χ4n) is 3.17. The third kappa shape index (κ3) is 3.99. The Balaban J connectivity index is 1.78. The molecule has 3 rings (SSSR count). The van der Waals surface area contributed by atoms with Crippen molar-refractivity contribution in [2.24, 2.45) is 13.0 Å². The normalized spacial score (nSPS) is 27.1. The lowest BCUT2D eigenvalue weighted by Crippen LogP contribution is -2.65. The molecular weight excluding hydrogens is 430 g/mol. The average molecular weight is 458 g/mol. The quantitative estimate of drug-likeness (QED) is 0.391. The van der Waals surface area contributed by atoms with Crippen LogP contribution in [0, 0.1) is 5.92 Å². The molecule has 1 N–H and O–H groups in total. The predicted octanol–water partition coefficient (Wildman–Crippen LogP) is 2.54. The van der Waals surface area contributed by atoms with E-state index in [-0.39, 0.29) is 28.3 Å². The molecule has 0 radical (unpaired) electrons. The lowest BCUT2D eigenvalue weighted by Gasteiger charge is -2.48. The molecular formula is C17H27N5O4S2Si. The minimum atomic E-state index is -2.04. The number of nitrogens with zero attached hydrogens (tertiary/aromatic N) is 5. The van der Waals surface area contributed by atoms with Crippen molar-refractivity contribution in [3.8, 4) is 0 Å². The van der Waals surface area contributed by atoms with Crippen molar-refractivity contribution < 1.29 is 19.1 Å². The van der Waals surface area contributed by atoms with Crippen LogP contribution in [0.2, 0.25) is 18.1 Å². The van der Waals surface area contributed by atoms with Gasteiger partial charge in [0.25, 0.3) is 0 Å². The molecule has 1 aromatic rings. The number of rotatable bonds is 6. The Hall–Kier alpha value is -1.37. The molecule has 2 fully saturated rings. The van der Waals surface area contributed by atoms with Gasteiger partial charge in [0.1, 0.15) is 0 Å². The Labute approximate surface area is 179 Å². The molecule has 0 spiro atoms. The molecule has 160 valence electrons. The van der Waals surface area contributed by atoms with Crippen molar-refractivity contribution in [3.05, 3.63) is 10.3 Å². The fourth-order valence-corrected chi connectivity index (χ4v) is 7.03. The van der Waals surface area contributed by atoms with E-state index in [0.717, 1.165) is 0 Å². The van der Waals surface area contributed by atoms with Crippen molar-refractivity contribution in [1.82, 2.24) is 25.1 Å². The van der Waals surface area contributed by atoms with Gasteiger partial charge < -0.3 is 14.4 Å². The Morgan fingerprint density at radius 2 is 2.07 bits per heavy atom. The molecule has 2 aliphatic rings. The maximum absolute atomic E-state index is 12.9. The van der Waals surface area contributed by atoms with Crippen LogP contribution in [0.5, 0.6) is 0 Å². The average Bonchev–Trinajstić information content (AvgIpc) is 3.12. The smallest absolute Gasteiger partial charge is 0.331 e. The maximum atomic E-state index is 12.9. The number of aliphatic carboxylic acids is 1. The van der Waals surface area contributed by atoms with Gasteiger partial charge in [0, 0.05) is 12.0 Å². The first-order chi connectivity index (χ1) is 13.3. The molecule has 1 unspecified atom stereocenters. The summed E-state index contributed by atoms with van der Waals surface area (Å²) >= 11 is 2.67. The highest BCUT2D eigenvalue weighted by Gasteiger charge is 2.61. The highest BCUT2D eigenvalue weighted by atomic mass is 32.2. The van der Waals surface area contributed by atoms with E-state index in [1.165, 1.54) is 33.1 Å². The van der Waals surface area contributed by atoms with Gasteiger partial charge in [0.2, 0.25) is 11.1 Å². The number of hydrogen-bond donors (Lipinski definition) is 1. The van der Waals surface area contributed by atoms with Crippen LogP contribution < -0.4 is 0 Å². The molecule has 0 bridgehead atoms. The number of amides is 1. The van der Waals surface area contributed by atoms with Gasteiger partial charge in [-0.25, -0.2) is 9.48 Å². The number of carboxylic acid groups (broad SMARTS) is 1. The molecule has 2 saturated heterocycles. The summed E-state index contributed by atoms with van der Waals surface area (Å²) in [5, 5.41) is 23.0. The summed E-state index contributed by atoms with van der Waals surface area (Å²) in [5.74, 6) is -1.54. The summed E-state index contributed by atoms with van der Waals surface area (Å²) in [6, 6.07) is -0.970. The number of carbonyl (C=O) groups is 2. The Morgan fingerprint density at radius 3 is 2.59 bits per heavy atom. The molecule has 3 heterocycles. The highest BCUT2D eigenvalue weighted by Crippen LogP contribution is 2.52. The summed E-state index contributed by atoms with van der Waals surface area (Å²) < 4.78 is 7.94. The van der Waals surface area contributed by atoms with E-state index in [1.54, 1.807) is 12.5 Å². The highest BCUT2D eigenvalue weighted by molar-refractivity contribution is 8.06. The van der Waals surface area contributed by atoms with Crippen LogP contribution in [0.1, 0.15) is 27.7 Å². The summed E-state index contributed by atoms with van der Waals surface area (Å²) in [7, 11) is -0.328. The minimum absolute atomic E-state index is 0.0337. The summed E-state index contributed by atoms with van der Waals surface area (Å²) in [5.41, 5.74) is 0. The molecule has 4 atom stereocenters. The molecule has 1 amide bonds. The van der Waals surface area contributed by atoms with Gasteiger partial charge in [-0.15, -0.1) is 16.9 Å². The predicted molar refractivity (Wildman–Crippen MR) is 114 cm³/mol. The van der Waals surface area contributed by atoms with E-state index in [9.17, 15) is 14.7 Å². The second kappa shape index (κ2) is 7.71. The molecule has 1 aromatic heterocycles. The number of thioether (sulfide) groups is 2. The van der Waals surface area contributed by atoms with E-state index < -0.39 is 20.3 Å². The van der Waals surface area contributed by atoms with Crippen LogP contribution in [0.4, 0.5) is 0 Å².